The number of carbonyl (C=O) groups excluding carboxylic acids is 1. The number of amides is 2. The fourth-order valence-electron chi connectivity index (χ4n) is 1.54. The molecule has 0 spiro atoms. The van der Waals surface area contributed by atoms with Gasteiger partial charge in [0.1, 0.15) is 6.04 Å². The third-order valence-electron chi connectivity index (χ3n) is 2.55. The Hall–Kier alpha value is -1.56. The number of hydrogen-bond donors (Lipinski definition) is 3. The summed E-state index contributed by atoms with van der Waals surface area (Å²) in [4.78, 5) is 22.5. The van der Waals surface area contributed by atoms with E-state index < -0.39 is 18.0 Å². The van der Waals surface area contributed by atoms with Gasteiger partial charge in [0, 0.05) is 11.0 Å². The van der Waals surface area contributed by atoms with Crippen molar-refractivity contribution in [2.75, 3.05) is 0 Å². The number of carboxylic acids is 1. The minimum absolute atomic E-state index is 0.359. The van der Waals surface area contributed by atoms with Crippen LogP contribution in [-0.2, 0) is 11.3 Å². The Kier molecular flexibility index (Phi) is 6.35. The van der Waals surface area contributed by atoms with Crippen LogP contribution in [0.15, 0.2) is 28.7 Å². The van der Waals surface area contributed by atoms with Crippen LogP contribution in [0.1, 0.15) is 25.3 Å². The van der Waals surface area contributed by atoms with E-state index in [0.29, 0.717) is 19.4 Å². The first-order chi connectivity index (χ1) is 9.02. The van der Waals surface area contributed by atoms with Gasteiger partial charge in [-0.3, -0.25) is 0 Å². The van der Waals surface area contributed by atoms with Crippen molar-refractivity contribution < 1.29 is 14.7 Å². The van der Waals surface area contributed by atoms with Crippen molar-refractivity contribution in [1.82, 2.24) is 10.6 Å². The van der Waals surface area contributed by atoms with Crippen molar-refractivity contribution in [3.8, 4) is 0 Å². The number of halogens is 1. The predicted octanol–water partition coefficient (Wildman–Crippen LogP) is 2.50. The van der Waals surface area contributed by atoms with Crippen LogP contribution in [0.5, 0.6) is 0 Å². The van der Waals surface area contributed by atoms with Crippen molar-refractivity contribution in [1.29, 1.82) is 0 Å². The molecule has 1 aromatic rings. The van der Waals surface area contributed by atoms with Crippen LogP contribution in [0.4, 0.5) is 4.79 Å². The fraction of sp³-hybridized carbons (Fsp3) is 0.385. The van der Waals surface area contributed by atoms with Crippen molar-refractivity contribution in [2.24, 2.45) is 0 Å². The minimum Gasteiger partial charge on any atom is -0.480 e. The molecule has 6 heteroatoms. The molecule has 3 N–H and O–H groups in total. The summed E-state index contributed by atoms with van der Waals surface area (Å²) >= 11 is 3.33. The van der Waals surface area contributed by atoms with Gasteiger partial charge in [-0.2, -0.15) is 0 Å². The van der Waals surface area contributed by atoms with Crippen molar-refractivity contribution in [3.05, 3.63) is 34.3 Å². The van der Waals surface area contributed by atoms with Crippen LogP contribution < -0.4 is 10.6 Å². The van der Waals surface area contributed by atoms with E-state index in [0.717, 1.165) is 10.0 Å². The molecule has 104 valence electrons. The molecule has 0 saturated carbocycles. The maximum Gasteiger partial charge on any atom is 0.326 e. The number of benzene rings is 1. The lowest BCUT2D eigenvalue weighted by molar-refractivity contribution is -0.139. The zero-order valence-corrected chi connectivity index (χ0v) is 12.2. The highest BCUT2D eigenvalue weighted by Crippen LogP contribution is 2.10. The Morgan fingerprint density at radius 1 is 1.32 bits per heavy atom. The number of aliphatic carboxylic acids is 1. The van der Waals surface area contributed by atoms with E-state index in [-0.39, 0.29) is 0 Å². The Morgan fingerprint density at radius 3 is 2.47 bits per heavy atom. The molecule has 0 radical (unpaired) electrons. The van der Waals surface area contributed by atoms with E-state index in [1.165, 1.54) is 0 Å². The molecule has 0 fully saturated rings. The van der Waals surface area contributed by atoms with Gasteiger partial charge in [-0.15, -0.1) is 0 Å². The van der Waals surface area contributed by atoms with Gasteiger partial charge in [-0.05, 0) is 24.1 Å². The van der Waals surface area contributed by atoms with Crippen LogP contribution in [-0.4, -0.2) is 23.1 Å². The van der Waals surface area contributed by atoms with E-state index in [1.54, 1.807) is 0 Å². The molecule has 1 rings (SSSR count). The van der Waals surface area contributed by atoms with Gasteiger partial charge >= 0.3 is 12.0 Å². The van der Waals surface area contributed by atoms with Crippen LogP contribution in [0, 0.1) is 0 Å². The van der Waals surface area contributed by atoms with Gasteiger partial charge in [0.25, 0.3) is 0 Å². The lowest BCUT2D eigenvalue weighted by atomic mass is 10.2. The molecule has 1 atom stereocenters. The molecular formula is C13H17BrN2O3. The second-order valence-corrected chi connectivity index (χ2v) is 5.05. The van der Waals surface area contributed by atoms with Gasteiger partial charge in [0.2, 0.25) is 0 Å². The second-order valence-electron chi connectivity index (χ2n) is 4.13. The predicted molar refractivity (Wildman–Crippen MR) is 75.8 cm³/mol. The average molecular weight is 329 g/mol. The molecule has 1 aromatic carbocycles. The maximum atomic E-state index is 11.6. The molecule has 0 heterocycles. The summed E-state index contributed by atoms with van der Waals surface area (Å²) in [7, 11) is 0. The summed E-state index contributed by atoms with van der Waals surface area (Å²) < 4.78 is 0.967. The summed E-state index contributed by atoms with van der Waals surface area (Å²) in [6.07, 6.45) is 1.12. The quantitative estimate of drug-likeness (QED) is 0.750. The summed E-state index contributed by atoms with van der Waals surface area (Å²) in [5, 5.41) is 14.0. The number of rotatable bonds is 6. The van der Waals surface area contributed by atoms with Gasteiger partial charge in [0.05, 0.1) is 0 Å². The summed E-state index contributed by atoms with van der Waals surface area (Å²) in [6.45, 7) is 2.23. The Bertz CT molecular complexity index is 434. The minimum atomic E-state index is -1.01. The zero-order valence-electron chi connectivity index (χ0n) is 10.6. The monoisotopic (exact) mass is 328 g/mol. The third kappa shape index (κ3) is 5.74. The van der Waals surface area contributed by atoms with E-state index in [1.807, 2.05) is 31.2 Å². The standard InChI is InChI=1S/C13H17BrN2O3/c1-2-3-11(12(17)18)16-13(19)15-8-9-4-6-10(14)7-5-9/h4-7,11H,2-3,8H2,1H3,(H,17,18)(H2,15,16,19)/t11-/m1/s1. The van der Waals surface area contributed by atoms with Crippen molar-refractivity contribution in [2.45, 2.75) is 32.4 Å². The molecule has 0 bridgehead atoms. The van der Waals surface area contributed by atoms with E-state index in [2.05, 4.69) is 26.6 Å². The molecule has 19 heavy (non-hydrogen) atoms. The molecule has 0 aliphatic rings. The molecule has 0 saturated heterocycles. The van der Waals surface area contributed by atoms with Crippen LogP contribution in [0.3, 0.4) is 0 Å². The third-order valence-corrected chi connectivity index (χ3v) is 3.08. The summed E-state index contributed by atoms with van der Waals surface area (Å²) in [6, 6.07) is 6.22. The van der Waals surface area contributed by atoms with Crippen LogP contribution in [0.25, 0.3) is 0 Å². The molecular weight excluding hydrogens is 312 g/mol. The Labute approximate surface area is 120 Å². The fourth-order valence-corrected chi connectivity index (χ4v) is 1.80. The summed E-state index contributed by atoms with van der Waals surface area (Å²) in [5.41, 5.74) is 0.945. The number of hydrogen-bond acceptors (Lipinski definition) is 2. The lowest BCUT2D eigenvalue weighted by Crippen LogP contribution is -2.45. The van der Waals surface area contributed by atoms with Gasteiger partial charge in [-0.25, -0.2) is 9.59 Å². The number of urea groups is 1. The van der Waals surface area contributed by atoms with E-state index in [9.17, 15) is 9.59 Å². The highest BCUT2D eigenvalue weighted by Gasteiger charge is 2.18. The van der Waals surface area contributed by atoms with Crippen molar-refractivity contribution >= 4 is 27.9 Å². The molecule has 2 amide bonds. The smallest absolute Gasteiger partial charge is 0.326 e. The topological polar surface area (TPSA) is 78.4 Å². The first-order valence-corrected chi connectivity index (χ1v) is 6.84. The lowest BCUT2D eigenvalue weighted by Gasteiger charge is -2.14. The van der Waals surface area contributed by atoms with Crippen molar-refractivity contribution in [3.63, 3.8) is 0 Å². The Morgan fingerprint density at radius 2 is 1.95 bits per heavy atom. The van der Waals surface area contributed by atoms with Gasteiger partial charge in [0.15, 0.2) is 0 Å². The maximum absolute atomic E-state index is 11.6. The van der Waals surface area contributed by atoms with Gasteiger partial charge < -0.3 is 15.7 Å². The average Bonchev–Trinajstić information content (AvgIpc) is 2.37. The molecule has 0 aromatic heterocycles. The SMILES string of the molecule is CCC[C@@H](NC(=O)NCc1ccc(Br)cc1)C(=O)O. The first-order valence-electron chi connectivity index (χ1n) is 6.04. The Balaban J connectivity index is 2.42. The van der Waals surface area contributed by atoms with Gasteiger partial charge in [-0.1, -0.05) is 41.4 Å². The zero-order chi connectivity index (χ0) is 14.3. The number of carboxylic acid groups (broad SMARTS) is 1. The molecule has 0 aliphatic heterocycles. The highest BCUT2D eigenvalue weighted by molar-refractivity contribution is 9.10. The summed E-state index contributed by atoms with van der Waals surface area (Å²) in [5.74, 6) is -1.01. The van der Waals surface area contributed by atoms with Crippen LogP contribution in [0.2, 0.25) is 0 Å². The molecule has 0 unspecified atom stereocenters. The highest BCUT2D eigenvalue weighted by atomic mass is 79.9. The number of carbonyl (C=O) groups is 2. The van der Waals surface area contributed by atoms with E-state index in [4.69, 9.17) is 5.11 Å². The molecule has 5 nitrogen and oxygen atoms in total. The van der Waals surface area contributed by atoms with Crippen LogP contribution >= 0.6 is 15.9 Å². The van der Waals surface area contributed by atoms with E-state index >= 15 is 0 Å². The number of nitrogens with one attached hydrogen (secondary N) is 2. The normalized spacial score (nSPS) is 11.7. The largest absolute Gasteiger partial charge is 0.480 e. The first kappa shape index (κ1) is 15.5. The second kappa shape index (κ2) is 7.78. The molecule has 0 aliphatic carbocycles.